The first-order valence-corrected chi connectivity index (χ1v) is 10.8. The van der Waals surface area contributed by atoms with Gasteiger partial charge in [-0.3, -0.25) is 4.79 Å². The molecule has 2 heterocycles. The third-order valence-corrected chi connectivity index (χ3v) is 6.35. The van der Waals surface area contributed by atoms with Crippen LogP contribution in [0.2, 0.25) is 0 Å². The minimum Gasteiger partial charge on any atom is -0.342 e. The third-order valence-electron chi connectivity index (χ3n) is 3.79. The first-order valence-electron chi connectivity index (χ1n) is 8.56. The van der Waals surface area contributed by atoms with Gasteiger partial charge >= 0.3 is 16.1 Å². The average molecular weight is 444 g/mol. The number of nitrogens with zero attached hydrogens (tertiary/aromatic N) is 4. The zero-order chi connectivity index (χ0) is 21.8. The summed E-state index contributed by atoms with van der Waals surface area (Å²) in [7, 11) is -4.34. The Morgan fingerprint density at radius 1 is 1.38 bits per heavy atom. The van der Waals surface area contributed by atoms with Crippen molar-refractivity contribution in [1.29, 1.82) is 5.26 Å². The van der Waals surface area contributed by atoms with Gasteiger partial charge in [-0.05, 0) is 18.6 Å². The summed E-state index contributed by atoms with van der Waals surface area (Å²) in [6.45, 7) is 5.23. The van der Waals surface area contributed by atoms with Crippen molar-refractivity contribution in [3.05, 3.63) is 29.6 Å². The van der Waals surface area contributed by atoms with Crippen molar-refractivity contribution in [1.82, 2.24) is 14.8 Å². The van der Waals surface area contributed by atoms with Crippen LogP contribution in [0.5, 0.6) is 0 Å². The highest BCUT2D eigenvalue weighted by atomic mass is 32.2. The van der Waals surface area contributed by atoms with E-state index in [1.54, 1.807) is 6.07 Å². The second-order valence-corrected chi connectivity index (χ2v) is 8.81. The molecular formula is C17H18F2N4O4S2. The van der Waals surface area contributed by atoms with Crippen LogP contribution < -0.4 is 0 Å². The molecule has 8 nitrogen and oxygen atoms in total. The lowest BCUT2D eigenvalue weighted by molar-refractivity contribution is -0.133. The van der Waals surface area contributed by atoms with Gasteiger partial charge in [0.25, 0.3) is 6.43 Å². The molecule has 0 aliphatic carbocycles. The predicted octanol–water partition coefficient (Wildman–Crippen LogP) is 3.61. The van der Waals surface area contributed by atoms with Crippen LogP contribution in [0.25, 0.3) is 5.82 Å². The summed E-state index contributed by atoms with van der Waals surface area (Å²) in [6.07, 6.45) is -1.43. The number of halogens is 2. The number of nitriles is 1. The molecule has 0 aromatic carbocycles. The van der Waals surface area contributed by atoms with Crippen molar-refractivity contribution in [2.75, 3.05) is 0 Å². The Morgan fingerprint density at radius 3 is 2.55 bits per heavy atom. The van der Waals surface area contributed by atoms with Gasteiger partial charge in [0.15, 0.2) is 5.82 Å². The molecular weight excluding hydrogens is 426 g/mol. The minimum absolute atomic E-state index is 0.0104. The zero-order valence-corrected chi connectivity index (χ0v) is 17.4. The Balaban J connectivity index is 2.51. The molecule has 0 N–H and O–H groups in total. The van der Waals surface area contributed by atoms with Crippen molar-refractivity contribution in [2.24, 2.45) is 0 Å². The molecule has 2 aromatic rings. The summed E-state index contributed by atoms with van der Waals surface area (Å²) in [5, 5.41) is 13.4. The first-order chi connectivity index (χ1) is 13.6. The van der Waals surface area contributed by atoms with Crippen molar-refractivity contribution < 1.29 is 26.2 Å². The molecule has 0 saturated heterocycles. The van der Waals surface area contributed by atoms with E-state index in [9.17, 15) is 27.3 Å². The molecule has 0 spiro atoms. The van der Waals surface area contributed by atoms with Crippen molar-refractivity contribution in [2.45, 2.75) is 55.2 Å². The number of alkyl halides is 2. The number of hydrogen-bond acceptors (Lipinski definition) is 8. The fraction of sp³-hybridized carbons (Fsp3) is 0.412. The van der Waals surface area contributed by atoms with Crippen LogP contribution in [0.15, 0.2) is 28.3 Å². The van der Waals surface area contributed by atoms with Gasteiger partial charge in [-0.15, -0.1) is 11.8 Å². The standard InChI is InChI=1S/C17H18F2N4O4S2/c1-4-10(3)28-17-12(8-20)15(16(18)19)22-23(17)13-7-6-11(9-21-13)29(25,26)27-14(24)5-2/h6-7,9-10,16H,4-5H2,1-3H3. The first kappa shape index (κ1) is 22.8. The van der Waals surface area contributed by atoms with Crippen LogP contribution in [-0.2, 0) is 19.1 Å². The summed E-state index contributed by atoms with van der Waals surface area (Å²) in [6, 6.07) is 4.12. The maximum atomic E-state index is 13.3. The SMILES string of the molecule is CCC(=O)OS(=O)(=O)c1ccc(-n2nc(C(F)F)c(C#N)c2SC(C)CC)nc1. The van der Waals surface area contributed by atoms with Crippen LogP contribution in [0.3, 0.4) is 0 Å². The van der Waals surface area contributed by atoms with E-state index in [1.807, 2.05) is 13.8 Å². The topological polar surface area (TPSA) is 115 Å². The van der Waals surface area contributed by atoms with Gasteiger partial charge in [-0.1, -0.05) is 20.8 Å². The normalized spacial score (nSPS) is 12.6. The largest absolute Gasteiger partial charge is 0.343 e. The van der Waals surface area contributed by atoms with Gasteiger partial charge in [-0.25, -0.2) is 18.4 Å². The monoisotopic (exact) mass is 444 g/mol. The van der Waals surface area contributed by atoms with Crippen LogP contribution in [0.1, 0.15) is 51.3 Å². The molecule has 156 valence electrons. The van der Waals surface area contributed by atoms with Crippen molar-refractivity contribution in [3.63, 3.8) is 0 Å². The maximum Gasteiger partial charge on any atom is 0.343 e. The number of rotatable bonds is 8. The summed E-state index contributed by atoms with van der Waals surface area (Å²) >= 11 is 1.19. The highest BCUT2D eigenvalue weighted by molar-refractivity contribution is 7.99. The molecule has 0 radical (unpaired) electrons. The van der Waals surface area contributed by atoms with Crippen molar-refractivity contribution >= 4 is 27.8 Å². The number of carbonyl (C=O) groups excluding carboxylic acids is 1. The van der Waals surface area contributed by atoms with Gasteiger partial charge in [0.1, 0.15) is 27.2 Å². The molecule has 1 unspecified atom stereocenters. The van der Waals surface area contributed by atoms with E-state index >= 15 is 0 Å². The second kappa shape index (κ2) is 9.32. The lowest BCUT2D eigenvalue weighted by Gasteiger charge is -2.11. The zero-order valence-electron chi connectivity index (χ0n) is 15.8. The summed E-state index contributed by atoms with van der Waals surface area (Å²) in [5.41, 5.74) is -0.922. The van der Waals surface area contributed by atoms with Gasteiger partial charge in [0.2, 0.25) is 0 Å². The van der Waals surface area contributed by atoms with Gasteiger partial charge in [0.05, 0.1) is 6.20 Å². The smallest absolute Gasteiger partial charge is 0.342 e. The van der Waals surface area contributed by atoms with Crippen LogP contribution in [0, 0.1) is 11.3 Å². The van der Waals surface area contributed by atoms with Gasteiger partial charge in [0, 0.05) is 11.7 Å². The molecule has 0 saturated carbocycles. The number of carbonyl (C=O) groups is 1. The molecule has 1 atom stereocenters. The Labute approximate surface area is 171 Å². The maximum absolute atomic E-state index is 13.3. The Kier molecular flexibility index (Phi) is 7.32. The van der Waals surface area contributed by atoms with E-state index in [-0.39, 0.29) is 33.0 Å². The van der Waals surface area contributed by atoms with E-state index in [2.05, 4.69) is 14.3 Å². The molecule has 2 rings (SSSR count). The molecule has 0 amide bonds. The lowest BCUT2D eigenvalue weighted by atomic mass is 10.3. The third kappa shape index (κ3) is 5.10. The predicted molar refractivity (Wildman–Crippen MR) is 100 cm³/mol. The van der Waals surface area contributed by atoms with E-state index < -0.39 is 28.2 Å². The van der Waals surface area contributed by atoms with Crippen LogP contribution in [0.4, 0.5) is 8.78 Å². The number of thioether (sulfide) groups is 1. The molecule has 29 heavy (non-hydrogen) atoms. The molecule has 0 aliphatic rings. The molecule has 0 bridgehead atoms. The second-order valence-electron chi connectivity index (χ2n) is 5.84. The number of pyridine rings is 1. The van der Waals surface area contributed by atoms with E-state index in [0.29, 0.717) is 0 Å². The summed E-state index contributed by atoms with van der Waals surface area (Å²) in [5.74, 6) is -0.881. The van der Waals surface area contributed by atoms with E-state index in [1.165, 1.54) is 24.8 Å². The summed E-state index contributed by atoms with van der Waals surface area (Å²) < 4.78 is 56.2. The average Bonchev–Trinajstić information content (AvgIpc) is 3.05. The Morgan fingerprint density at radius 2 is 2.07 bits per heavy atom. The Hall–Kier alpha value is -2.52. The molecule has 2 aromatic heterocycles. The van der Waals surface area contributed by atoms with E-state index in [0.717, 1.165) is 23.4 Å². The molecule has 12 heteroatoms. The van der Waals surface area contributed by atoms with Crippen LogP contribution in [-0.4, -0.2) is 34.4 Å². The number of hydrogen-bond donors (Lipinski definition) is 0. The van der Waals surface area contributed by atoms with Crippen molar-refractivity contribution in [3.8, 4) is 11.9 Å². The van der Waals surface area contributed by atoms with E-state index in [4.69, 9.17) is 0 Å². The highest BCUT2D eigenvalue weighted by Gasteiger charge is 2.27. The minimum atomic E-state index is -4.34. The fourth-order valence-corrected chi connectivity index (χ4v) is 4.01. The number of aromatic nitrogens is 3. The lowest BCUT2D eigenvalue weighted by Crippen LogP contribution is -2.13. The Bertz CT molecular complexity index is 1030. The fourth-order valence-electron chi connectivity index (χ4n) is 2.09. The highest BCUT2D eigenvalue weighted by Crippen LogP contribution is 2.35. The van der Waals surface area contributed by atoms with Crippen LogP contribution >= 0.6 is 11.8 Å². The molecule has 0 aliphatic heterocycles. The quantitative estimate of drug-likeness (QED) is 0.448. The van der Waals surface area contributed by atoms with Gasteiger partial charge in [-0.2, -0.15) is 18.8 Å². The van der Waals surface area contributed by atoms with Gasteiger partial charge < -0.3 is 4.18 Å². The molecule has 0 fully saturated rings. The summed E-state index contributed by atoms with van der Waals surface area (Å²) in [4.78, 5) is 14.8.